The van der Waals surface area contributed by atoms with Gasteiger partial charge in [-0.3, -0.25) is 4.99 Å². The van der Waals surface area contributed by atoms with Gasteiger partial charge in [0, 0.05) is 19.6 Å². The molecule has 0 rings (SSSR count). The molecule has 0 spiro atoms. The molecule has 0 aliphatic carbocycles. The van der Waals surface area contributed by atoms with Crippen molar-refractivity contribution in [2.45, 2.75) is 39.5 Å². The number of aliphatic hydroxyl groups excluding tert-OH is 1. The average Bonchev–Trinajstić information content (AvgIpc) is 2.12. The number of nitrogens with two attached hydrogens (primary N) is 1. The fourth-order valence-corrected chi connectivity index (χ4v) is 1.09. The minimum atomic E-state index is 0.272. The highest BCUT2D eigenvalue weighted by Gasteiger charge is 1.98. The zero-order chi connectivity index (χ0) is 10.1. The van der Waals surface area contributed by atoms with Gasteiger partial charge in [-0.25, -0.2) is 0 Å². The van der Waals surface area contributed by atoms with Crippen LogP contribution in [0.15, 0.2) is 4.99 Å². The molecule has 0 amide bonds. The molecule has 0 aliphatic heterocycles. The molecule has 0 aromatic carbocycles. The lowest BCUT2D eigenvalue weighted by atomic mass is 10.1. The van der Waals surface area contributed by atoms with E-state index < -0.39 is 0 Å². The summed E-state index contributed by atoms with van der Waals surface area (Å²) < 4.78 is 0. The smallest absolute Gasteiger partial charge is 0.0936 e. The summed E-state index contributed by atoms with van der Waals surface area (Å²) in [5, 5.41) is 8.77. The predicted molar refractivity (Wildman–Crippen MR) is 56.9 cm³/mol. The molecule has 3 N–H and O–H groups in total. The Morgan fingerprint density at radius 3 is 2.77 bits per heavy atom. The fraction of sp³-hybridized carbons (Fsp3) is 0.900. The van der Waals surface area contributed by atoms with E-state index in [0.29, 0.717) is 5.92 Å². The van der Waals surface area contributed by atoms with Crippen LogP contribution in [0.4, 0.5) is 0 Å². The van der Waals surface area contributed by atoms with Crippen molar-refractivity contribution in [3.05, 3.63) is 0 Å². The van der Waals surface area contributed by atoms with Gasteiger partial charge in [0.2, 0.25) is 0 Å². The van der Waals surface area contributed by atoms with Crippen molar-refractivity contribution in [3.63, 3.8) is 0 Å². The molecular weight excluding hydrogens is 164 g/mol. The summed E-state index contributed by atoms with van der Waals surface area (Å²) >= 11 is 0. The highest BCUT2D eigenvalue weighted by Crippen LogP contribution is 2.03. The SMILES string of the molecule is CCCC(N)=NCCCC(C)CO. The van der Waals surface area contributed by atoms with Gasteiger partial charge < -0.3 is 10.8 Å². The molecule has 1 atom stereocenters. The van der Waals surface area contributed by atoms with Crippen LogP contribution in [0.1, 0.15) is 39.5 Å². The van der Waals surface area contributed by atoms with Crippen LogP contribution < -0.4 is 5.73 Å². The summed E-state index contributed by atoms with van der Waals surface area (Å²) in [7, 11) is 0. The Balaban J connectivity index is 3.38. The Bertz CT molecular complexity index is 146. The Kier molecular flexibility index (Phi) is 7.69. The van der Waals surface area contributed by atoms with Crippen LogP contribution in [0.25, 0.3) is 0 Å². The Labute approximate surface area is 81.1 Å². The van der Waals surface area contributed by atoms with E-state index in [1.54, 1.807) is 0 Å². The maximum absolute atomic E-state index is 8.77. The van der Waals surface area contributed by atoms with Gasteiger partial charge in [0.25, 0.3) is 0 Å². The van der Waals surface area contributed by atoms with Crippen LogP contribution in [0.2, 0.25) is 0 Å². The van der Waals surface area contributed by atoms with Crippen molar-refractivity contribution in [2.24, 2.45) is 16.6 Å². The van der Waals surface area contributed by atoms with Crippen molar-refractivity contribution in [1.29, 1.82) is 0 Å². The molecule has 1 unspecified atom stereocenters. The molecule has 0 bridgehead atoms. The van der Waals surface area contributed by atoms with Crippen LogP contribution in [-0.4, -0.2) is 24.1 Å². The van der Waals surface area contributed by atoms with E-state index in [2.05, 4.69) is 11.9 Å². The molecule has 0 saturated heterocycles. The molecule has 13 heavy (non-hydrogen) atoms. The standard InChI is InChI=1S/C10H22N2O/c1-3-5-10(11)12-7-4-6-9(2)8-13/h9,13H,3-8H2,1-2H3,(H2,11,12). The number of hydrogen-bond acceptors (Lipinski definition) is 2. The molecule has 3 nitrogen and oxygen atoms in total. The number of aliphatic imine (C=N–C) groups is 1. The molecule has 0 aliphatic rings. The van der Waals surface area contributed by atoms with Gasteiger partial charge in [0.15, 0.2) is 0 Å². The summed E-state index contributed by atoms with van der Waals surface area (Å²) in [6, 6.07) is 0. The van der Waals surface area contributed by atoms with E-state index in [4.69, 9.17) is 10.8 Å². The third-order valence-electron chi connectivity index (χ3n) is 1.99. The lowest BCUT2D eigenvalue weighted by Crippen LogP contribution is -2.11. The molecule has 0 aromatic heterocycles. The highest BCUT2D eigenvalue weighted by molar-refractivity contribution is 5.80. The summed E-state index contributed by atoms with van der Waals surface area (Å²) in [6.07, 6.45) is 4.00. The number of hydrogen-bond donors (Lipinski definition) is 2. The van der Waals surface area contributed by atoms with Crippen molar-refractivity contribution in [3.8, 4) is 0 Å². The fourth-order valence-electron chi connectivity index (χ4n) is 1.09. The first-order valence-electron chi connectivity index (χ1n) is 5.10. The van der Waals surface area contributed by atoms with Crippen LogP contribution in [0.3, 0.4) is 0 Å². The zero-order valence-corrected chi connectivity index (χ0v) is 8.79. The van der Waals surface area contributed by atoms with E-state index in [-0.39, 0.29) is 6.61 Å². The van der Waals surface area contributed by atoms with Crippen molar-refractivity contribution in [1.82, 2.24) is 0 Å². The quantitative estimate of drug-likeness (QED) is 0.360. The molecule has 0 aromatic rings. The van der Waals surface area contributed by atoms with E-state index in [1.807, 2.05) is 6.92 Å². The first-order chi connectivity index (χ1) is 6.20. The summed E-state index contributed by atoms with van der Waals surface area (Å²) in [6.45, 7) is 5.21. The molecule has 0 heterocycles. The lowest BCUT2D eigenvalue weighted by molar-refractivity contribution is 0.229. The first kappa shape index (κ1) is 12.4. The number of aliphatic hydroxyl groups is 1. The third-order valence-corrected chi connectivity index (χ3v) is 1.99. The van der Waals surface area contributed by atoms with Gasteiger partial charge in [-0.15, -0.1) is 0 Å². The molecular formula is C10H22N2O. The summed E-state index contributed by atoms with van der Waals surface area (Å²) in [5.74, 6) is 1.15. The van der Waals surface area contributed by atoms with E-state index in [0.717, 1.165) is 38.1 Å². The van der Waals surface area contributed by atoms with Gasteiger partial charge in [0.05, 0.1) is 5.84 Å². The normalized spacial score (nSPS) is 14.5. The Morgan fingerprint density at radius 1 is 1.54 bits per heavy atom. The molecule has 78 valence electrons. The van der Waals surface area contributed by atoms with Crippen LogP contribution in [-0.2, 0) is 0 Å². The molecule has 3 heteroatoms. The van der Waals surface area contributed by atoms with E-state index in [9.17, 15) is 0 Å². The second-order valence-corrected chi connectivity index (χ2v) is 3.55. The minimum Gasteiger partial charge on any atom is -0.396 e. The van der Waals surface area contributed by atoms with Crippen LogP contribution in [0, 0.1) is 5.92 Å². The number of nitrogens with zero attached hydrogens (tertiary/aromatic N) is 1. The zero-order valence-electron chi connectivity index (χ0n) is 8.79. The predicted octanol–water partition coefficient (Wildman–Crippen LogP) is 1.55. The number of rotatable bonds is 7. The Hall–Kier alpha value is -0.570. The van der Waals surface area contributed by atoms with E-state index >= 15 is 0 Å². The average molecular weight is 186 g/mol. The lowest BCUT2D eigenvalue weighted by Gasteiger charge is -2.05. The second-order valence-electron chi connectivity index (χ2n) is 3.55. The number of amidine groups is 1. The van der Waals surface area contributed by atoms with Crippen molar-refractivity contribution < 1.29 is 5.11 Å². The van der Waals surface area contributed by atoms with Gasteiger partial charge in [-0.2, -0.15) is 0 Å². The summed E-state index contributed by atoms with van der Waals surface area (Å²) in [5.41, 5.74) is 5.63. The van der Waals surface area contributed by atoms with Gasteiger partial charge in [-0.05, 0) is 25.2 Å². The topological polar surface area (TPSA) is 58.6 Å². The molecule has 0 saturated carbocycles. The minimum absolute atomic E-state index is 0.272. The third kappa shape index (κ3) is 7.78. The summed E-state index contributed by atoms with van der Waals surface area (Å²) in [4.78, 5) is 4.23. The van der Waals surface area contributed by atoms with Crippen molar-refractivity contribution >= 4 is 5.84 Å². The second kappa shape index (κ2) is 8.05. The van der Waals surface area contributed by atoms with Gasteiger partial charge in [-0.1, -0.05) is 13.8 Å². The highest BCUT2D eigenvalue weighted by atomic mass is 16.3. The maximum Gasteiger partial charge on any atom is 0.0936 e. The maximum atomic E-state index is 8.77. The monoisotopic (exact) mass is 186 g/mol. The van der Waals surface area contributed by atoms with E-state index in [1.165, 1.54) is 0 Å². The van der Waals surface area contributed by atoms with Gasteiger partial charge in [0.1, 0.15) is 0 Å². The van der Waals surface area contributed by atoms with Crippen LogP contribution in [0.5, 0.6) is 0 Å². The van der Waals surface area contributed by atoms with Gasteiger partial charge >= 0.3 is 0 Å². The van der Waals surface area contributed by atoms with Crippen LogP contribution >= 0.6 is 0 Å². The van der Waals surface area contributed by atoms with Crippen molar-refractivity contribution in [2.75, 3.05) is 13.2 Å². The molecule has 0 fully saturated rings. The largest absolute Gasteiger partial charge is 0.396 e. The molecule has 0 radical (unpaired) electrons. The first-order valence-corrected chi connectivity index (χ1v) is 5.10. The Morgan fingerprint density at radius 2 is 2.23 bits per heavy atom.